The summed E-state index contributed by atoms with van der Waals surface area (Å²) in [6.07, 6.45) is 3.28. The Bertz CT molecular complexity index is 826. The predicted octanol–water partition coefficient (Wildman–Crippen LogP) is 2.57. The fraction of sp³-hybridized carbons (Fsp3) is 0.409. The van der Waals surface area contributed by atoms with E-state index in [1.807, 2.05) is 36.2 Å². The highest BCUT2D eigenvalue weighted by molar-refractivity contribution is 5.93. The van der Waals surface area contributed by atoms with Crippen LogP contribution in [0.5, 0.6) is 5.75 Å². The second-order valence-corrected chi connectivity index (χ2v) is 7.02. The lowest BCUT2D eigenvalue weighted by Gasteiger charge is -2.36. The molecule has 1 fully saturated rings. The molecule has 0 N–H and O–H groups in total. The van der Waals surface area contributed by atoms with Crippen LogP contribution in [-0.4, -0.2) is 82.5 Å². The molecule has 1 aromatic rings. The van der Waals surface area contributed by atoms with Crippen molar-refractivity contribution in [1.82, 2.24) is 9.80 Å². The van der Waals surface area contributed by atoms with E-state index in [-0.39, 0.29) is 12.6 Å². The number of carbonyl (C=O) groups excluding carboxylic acids is 2. The number of anilines is 1. The first-order chi connectivity index (χ1) is 14.4. The Hall–Kier alpha value is -3.13. The minimum atomic E-state index is -0.423. The Kier molecular flexibility index (Phi) is 8.61. The van der Waals surface area contributed by atoms with E-state index < -0.39 is 5.97 Å². The van der Waals surface area contributed by atoms with E-state index in [9.17, 15) is 9.59 Å². The first kappa shape index (κ1) is 23.2. The number of amides is 2. The number of nitrogens with zero attached hydrogens (tertiary/aromatic N) is 4. The average Bonchev–Trinajstić information content (AvgIpc) is 2.78. The number of ether oxygens (including phenoxy) is 2. The number of allylic oxidation sites excluding steroid dienone is 2. The maximum atomic E-state index is 13.4. The van der Waals surface area contributed by atoms with Crippen molar-refractivity contribution in [3.63, 3.8) is 0 Å². The van der Waals surface area contributed by atoms with Crippen LogP contribution in [0.3, 0.4) is 0 Å². The molecule has 1 aromatic carbocycles. The van der Waals surface area contributed by atoms with Crippen LogP contribution in [0.15, 0.2) is 52.7 Å². The number of carbonyl (C=O) groups is 2. The highest BCUT2D eigenvalue weighted by Gasteiger charge is 2.26. The average molecular weight is 415 g/mol. The molecule has 30 heavy (non-hydrogen) atoms. The van der Waals surface area contributed by atoms with E-state index in [0.717, 1.165) is 13.1 Å². The van der Waals surface area contributed by atoms with Crippen LogP contribution in [0.2, 0.25) is 0 Å². The number of likely N-dealkylation sites (N-methyl/N-ethyl adjacent to an activating group) is 1. The molecule has 0 aromatic heterocycles. The van der Waals surface area contributed by atoms with Gasteiger partial charge in [-0.3, -0.25) is 9.89 Å². The molecular weight excluding hydrogens is 384 g/mol. The van der Waals surface area contributed by atoms with Crippen LogP contribution in [0, 0.1) is 0 Å². The van der Waals surface area contributed by atoms with Crippen LogP contribution < -0.4 is 9.64 Å². The molecule has 0 saturated carbocycles. The summed E-state index contributed by atoms with van der Waals surface area (Å²) in [6.45, 7) is 8.41. The van der Waals surface area contributed by atoms with Crippen LogP contribution in [-0.2, 0) is 9.53 Å². The monoisotopic (exact) mass is 414 g/mol. The normalized spacial score (nSPS) is 15.5. The van der Waals surface area contributed by atoms with Gasteiger partial charge >= 0.3 is 12.0 Å². The van der Waals surface area contributed by atoms with Crippen LogP contribution in [0.25, 0.3) is 0 Å². The summed E-state index contributed by atoms with van der Waals surface area (Å²) in [4.78, 5) is 34.7. The molecule has 0 radical (unpaired) electrons. The van der Waals surface area contributed by atoms with Crippen LogP contribution >= 0.6 is 0 Å². The summed E-state index contributed by atoms with van der Waals surface area (Å²) in [5, 5.41) is 0. The molecule has 0 spiro atoms. The summed E-state index contributed by atoms with van der Waals surface area (Å²) in [6, 6.07) is 7.22. The van der Waals surface area contributed by atoms with Gasteiger partial charge in [0, 0.05) is 43.5 Å². The van der Waals surface area contributed by atoms with E-state index in [1.165, 1.54) is 7.11 Å². The summed E-state index contributed by atoms with van der Waals surface area (Å²) in [5.74, 6) is 0.232. The van der Waals surface area contributed by atoms with Crippen molar-refractivity contribution in [3.8, 4) is 5.75 Å². The molecule has 1 aliphatic heterocycles. The number of piperazine rings is 1. The molecule has 0 bridgehead atoms. The van der Waals surface area contributed by atoms with Crippen molar-refractivity contribution in [1.29, 1.82) is 0 Å². The van der Waals surface area contributed by atoms with E-state index in [4.69, 9.17) is 9.47 Å². The fourth-order valence-electron chi connectivity index (χ4n) is 2.98. The molecule has 2 rings (SSSR count). The number of aliphatic imine (C=N–C) groups is 1. The standard InChI is InChI=1S/C22H30N4O4/c1-17(21(27)30-5)9-10-18(23-2)16-26(19-7-6-8-20(15-19)29-4)22(28)25-13-11-24(3)12-14-25/h6-10,15H,2,11-14,16H2,1,3-5H3/b17-9+,18-10-. The van der Waals surface area contributed by atoms with Gasteiger partial charge in [0.25, 0.3) is 0 Å². The maximum Gasteiger partial charge on any atom is 0.333 e. The molecular formula is C22H30N4O4. The lowest BCUT2D eigenvalue weighted by atomic mass is 10.2. The Morgan fingerprint density at radius 2 is 1.90 bits per heavy atom. The number of methoxy groups -OCH3 is 2. The third-order valence-corrected chi connectivity index (χ3v) is 4.93. The molecule has 0 atom stereocenters. The van der Waals surface area contributed by atoms with Gasteiger partial charge in [0.15, 0.2) is 0 Å². The van der Waals surface area contributed by atoms with Gasteiger partial charge in [-0.2, -0.15) is 0 Å². The smallest absolute Gasteiger partial charge is 0.333 e. The molecule has 1 saturated heterocycles. The molecule has 162 valence electrons. The first-order valence-corrected chi connectivity index (χ1v) is 9.71. The lowest BCUT2D eigenvalue weighted by Crippen LogP contribution is -2.52. The molecule has 2 amide bonds. The minimum Gasteiger partial charge on any atom is -0.497 e. The quantitative estimate of drug-likeness (QED) is 0.297. The van der Waals surface area contributed by atoms with Crippen LogP contribution in [0.4, 0.5) is 10.5 Å². The summed E-state index contributed by atoms with van der Waals surface area (Å²) >= 11 is 0. The number of esters is 1. The number of rotatable bonds is 7. The van der Waals surface area contributed by atoms with Crippen molar-refractivity contribution < 1.29 is 19.1 Å². The molecule has 0 aliphatic carbocycles. The van der Waals surface area contributed by atoms with Crippen LogP contribution in [0.1, 0.15) is 6.92 Å². The number of hydrogen-bond acceptors (Lipinski definition) is 6. The summed E-state index contributed by atoms with van der Waals surface area (Å²) in [7, 11) is 4.96. The Morgan fingerprint density at radius 1 is 1.20 bits per heavy atom. The zero-order valence-corrected chi connectivity index (χ0v) is 18.1. The molecule has 1 heterocycles. The van der Waals surface area contributed by atoms with Crippen molar-refractivity contribution in [2.24, 2.45) is 4.99 Å². The number of benzene rings is 1. The Balaban J connectivity index is 2.33. The number of hydrogen-bond donors (Lipinski definition) is 0. The van der Waals surface area contributed by atoms with Crippen molar-refractivity contribution in [2.45, 2.75) is 6.92 Å². The van der Waals surface area contributed by atoms with E-state index >= 15 is 0 Å². The van der Waals surface area contributed by atoms with Gasteiger partial charge in [0.1, 0.15) is 5.75 Å². The van der Waals surface area contributed by atoms with Gasteiger partial charge < -0.3 is 19.3 Å². The van der Waals surface area contributed by atoms with Crippen molar-refractivity contribution in [3.05, 3.63) is 47.7 Å². The zero-order valence-electron chi connectivity index (χ0n) is 18.1. The van der Waals surface area contributed by atoms with E-state index in [2.05, 4.69) is 16.6 Å². The molecule has 1 aliphatic rings. The first-order valence-electron chi connectivity index (χ1n) is 9.71. The van der Waals surface area contributed by atoms with E-state index in [0.29, 0.717) is 35.8 Å². The topological polar surface area (TPSA) is 74.7 Å². The molecule has 8 heteroatoms. The Labute approximate surface area is 178 Å². The van der Waals surface area contributed by atoms with Gasteiger partial charge in [-0.1, -0.05) is 12.1 Å². The van der Waals surface area contributed by atoms with Gasteiger partial charge in [0.05, 0.1) is 26.5 Å². The number of urea groups is 1. The van der Waals surface area contributed by atoms with Gasteiger partial charge in [0.2, 0.25) is 0 Å². The lowest BCUT2D eigenvalue weighted by molar-refractivity contribution is -0.136. The SMILES string of the molecule is C=N/C(=C\C=C(/C)C(=O)OC)CN(C(=O)N1CCN(C)CC1)c1cccc(OC)c1. The van der Waals surface area contributed by atoms with Crippen molar-refractivity contribution in [2.75, 3.05) is 58.9 Å². The maximum absolute atomic E-state index is 13.4. The fourth-order valence-corrected chi connectivity index (χ4v) is 2.98. The van der Waals surface area contributed by atoms with Gasteiger partial charge in [-0.05, 0) is 38.9 Å². The highest BCUT2D eigenvalue weighted by atomic mass is 16.5. The second kappa shape index (κ2) is 11.2. The zero-order chi connectivity index (χ0) is 22.1. The minimum absolute atomic E-state index is 0.112. The predicted molar refractivity (Wildman–Crippen MR) is 118 cm³/mol. The third kappa shape index (κ3) is 6.18. The Morgan fingerprint density at radius 3 is 2.50 bits per heavy atom. The molecule has 8 nitrogen and oxygen atoms in total. The highest BCUT2D eigenvalue weighted by Crippen LogP contribution is 2.24. The van der Waals surface area contributed by atoms with Crippen molar-refractivity contribution >= 4 is 24.4 Å². The summed E-state index contributed by atoms with van der Waals surface area (Å²) < 4.78 is 10.0. The second-order valence-electron chi connectivity index (χ2n) is 7.02. The van der Waals surface area contributed by atoms with Gasteiger partial charge in [-0.25, -0.2) is 9.59 Å². The molecule has 0 unspecified atom stereocenters. The van der Waals surface area contributed by atoms with E-state index in [1.54, 1.807) is 31.1 Å². The largest absolute Gasteiger partial charge is 0.497 e. The summed E-state index contributed by atoms with van der Waals surface area (Å²) in [5.41, 5.74) is 1.67. The van der Waals surface area contributed by atoms with Gasteiger partial charge in [-0.15, -0.1) is 0 Å². The third-order valence-electron chi connectivity index (χ3n) is 4.93.